The van der Waals surface area contributed by atoms with E-state index in [9.17, 15) is 18.5 Å². The fourth-order valence-corrected chi connectivity index (χ4v) is 3.37. The third-order valence-electron chi connectivity index (χ3n) is 3.08. The van der Waals surface area contributed by atoms with Crippen molar-refractivity contribution >= 4 is 9.84 Å². The summed E-state index contributed by atoms with van der Waals surface area (Å²) in [6.07, 6.45) is 0.172. The van der Waals surface area contributed by atoms with Crippen molar-refractivity contribution < 1.29 is 13.3 Å². The second-order valence-corrected chi connectivity index (χ2v) is 6.67. The fraction of sp³-hybridized carbons (Fsp3) is 0.500. The Hall–Kier alpha value is -1.43. The van der Waals surface area contributed by atoms with Gasteiger partial charge in [-0.2, -0.15) is 0 Å². The van der Waals surface area contributed by atoms with Crippen LogP contribution in [-0.4, -0.2) is 24.6 Å². The van der Waals surface area contributed by atoms with Gasteiger partial charge in [0.05, 0.1) is 4.90 Å². The highest BCUT2D eigenvalue weighted by Gasteiger charge is 2.40. The smallest absolute Gasteiger partial charge is 0.233 e. The number of nitro groups is 1. The molecule has 1 unspecified atom stereocenters. The van der Waals surface area contributed by atoms with E-state index < -0.39 is 26.1 Å². The molecular formula is C12H17NO4S. The standard InChI is InChI=1S/C12H17NO4S/c1-4-12(3,13(14)15)9-18(16,17)11-7-5-10(2)6-8-11/h5-8H,4,9H2,1-3H3. The maximum atomic E-state index is 12.1. The van der Waals surface area contributed by atoms with E-state index in [-0.39, 0.29) is 11.3 Å². The van der Waals surface area contributed by atoms with Crippen LogP contribution in [0.1, 0.15) is 25.8 Å². The Kier molecular flexibility index (Phi) is 4.11. The molecule has 0 heterocycles. The summed E-state index contributed by atoms with van der Waals surface area (Å²) in [6.45, 7) is 4.83. The van der Waals surface area contributed by atoms with Crippen molar-refractivity contribution in [3.05, 3.63) is 39.9 Å². The van der Waals surface area contributed by atoms with E-state index in [1.165, 1.54) is 19.1 Å². The molecule has 1 aromatic carbocycles. The lowest BCUT2D eigenvalue weighted by Crippen LogP contribution is -2.41. The SMILES string of the molecule is CCC(C)(CS(=O)(=O)c1ccc(C)cc1)[N+](=O)[O-]. The van der Waals surface area contributed by atoms with Gasteiger partial charge >= 0.3 is 0 Å². The van der Waals surface area contributed by atoms with Crippen molar-refractivity contribution in [2.24, 2.45) is 0 Å². The Morgan fingerprint density at radius 1 is 1.28 bits per heavy atom. The zero-order valence-electron chi connectivity index (χ0n) is 10.7. The number of nitrogens with zero attached hydrogens (tertiary/aromatic N) is 1. The average Bonchev–Trinajstić information content (AvgIpc) is 2.28. The second-order valence-electron chi connectivity index (χ2n) is 4.68. The number of sulfone groups is 1. The zero-order chi connectivity index (χ0) is 14.0. The van der Waals surface area contributed by atoms with Crippen LogP contribution in [0.2, 0.25) is 0 Å². The van der Waals surface area contributed by atoms with Gasteiger partial charge in [-0.1, -0.05) is 24.6 Å². The maximum Gasteiger partial charge on any atom is 0.233 e. The van der Waals surface area contributed by atoms with E-state index in [1.54, 1.807) is 19.1 Å². The minimum atomic E-state index is -3.63. The normalized spacial score (nSPS) is 15.1. The molecule has 0 aliphatic carbocycles. The lowest BCUT2D eigenvalue weighted by Gasteiger charge is -2.18. The molecule has 0 saturated carbocycles. The van der Waals surface area contributed by atoms with E-state index in [1.807, 2.05) is 6.92 Å². The predicted molar refractivity (Wildman–Crippen MR) is 68.9 cm³/mol. The molecule has 0 amide bonds. The van der Waals surface area contributed by atoms with Crippen LogP contribution >= 0.6 is 0 Å². The Morgan fingerprint density at radius 2 is 1.78 bits per heavy atom. The summed E-state index contributed by atoms with van der Waals surface area (Å²) >= 11 is 0. The van der Waals surface area contributed by atoms with E-state index in [0.717, 1.165) is 5.56 Å². The fourth-order valence-electron chi connectivity index (χ4n) is 1.52. The van der Waals surface area contributed by atoms with Gasteiger partial charge in [-0.25, -0.2) is 8.42 Å². The molecule has 0 spiro atoms. The summed E-state index contributed by atoms with van der Waals surface area (Å²) in [5.74, 6) is -0.480. The molecule has 0 bridgehead atoms. The molecule has 6 heteroatoms. The molecular weight excluding hydrogens is 254 g/mol. The molecule has 0 radical (unpaired) electrons. The van der Waals surface area contributed by atoms with Gasteiger partial charge in [-0.15, -0.1) is 0 Å². The molecule has 100 valence electrons. The molecule has 1 aromatic rings. The van der Waals surface area contributed by atoms with Gasteiger partial charge in [0.1, 0.15) is 5.75 Å². The Labute approximate surface area is 107 Å². The summed E-state index contributed by atoms with van der Waals surface area (Å²) in [5, 5.41) is 11.0. The number of hydrogen-bond donors (Lipinski definition) is 0. The van der Waals surface area contributed by atoms with Gasteiger partial charge < -0.3 is 0 Å². The first-order chi connectivity index (χ1) is 8.21. The summed E-state index contributed by atoms with van der Waals surface area (Å²) in [4.78, 5) is 10.6. The number of benzene rings is 1. The van der Waals surface area contributed by atoms with Crippen molar-refractivity contribution in [3.63, 3.8) is 0 Å². The first-order valence-corrected chi connectivity index (χ1v) is 7.30. The van der Waals surface area contributed by atoms with Gasteiger partial charge in [0.2, 0.25) is 5.54 Å². The van der Waals surface area contributed by atoms with E-state index in [0.29, 0.717) is 0 Å². The predicted octanol–water partition coefficient (Wildman–Crippen LogP) is 2.21. The van der Waals surface area contributed by atoms with Crippen molar-refractivity contribution in [3.8, 4) is 0 Å². The van der Waals surface area contributed by atoms with Crippen LogP contribution < -0.4 is 0 Å². The molecule has 0 saturated heterocycles. The third-order valence-corrected chi connectivity index (χ3v) is 5.08. The van der Waals surface area contributed by atoms with Gasteiger partial charge in [0, 0.05) is 18.3 Å². The Bertz CT molecular complexity index is 536. The molecule has 0 fully saturated rings. The van der Waals surface area contributed by atoms with Crippen molar-refractivity contribution in [1.29, 1.82) is 0 Å². The minimum absolute atomic E-state index is 0.134. The second kappa shape index (κ2) is 5.06. The molecule has 0 aliphatic heterocycles. The van der Waals surface area contributed by atoms with E-state index in [4.69, 9.17) is 0 Å². The minimum Gasteiger partial charge on any atom is -0.264 e. The maximum absolute atomic E-state index is 12.1. The van der Waals surface area contributed by atoms with Crippen LogP contribution in [0.4, 0.5) is 0 Å². The molecule has 1 rings (SSSR count). The average molecular weight is 271 g/mol. The summed E-state index contributed by atoms with van der Waals surface area (Å²) in [7, 11) is -3.63. The lowest BCUT2D eigenvalue weighted by atomic mass is 10.0. The quantitative estimate of drug-likeness (QED) is 0.607. The van der Waals surface area contributed by atoms with Gasteiger partial charge in [0.25, 0.3) is 0 Å². The Balaban J connectivity index is 3.09. The van der Waals surface area contributed by atoms with Crippen LogP contribution in [0.25, 0.3) is 0 Å². The molecule has 0 aromatic heterocycles. The highest BCUT2D eigenvalue weighted by Crippen LogP contribution is 2.22. The highest BCUT2D eigenvalue weighted by molar-refractivity contribution is 7.91. The van der Waals surface area contributed by atoms with Gasteiger partial charge in [-0.05, 0) is 19.1 Å². The highest BCUT2D eigenvalue weighted by atomic mass is 32.2. The van der Waals surface area contributed by atoms with E-state index >= 15 is 0 Å². The first-order valence-electron chi connectivity index (χ1n) is 5.65. The number of hydrogen-bond acceptors (Lipinski definition) is 4. The zero-order valence-corrected chi connectivity index (χ0v) is 11.5. The first kappa shape index (κ1) is 14.6. The van der Waals surface area contributed by atoms with Gasteiger partial charge in [-0.3, -0.25) is 10.1 Å². The molecule has 18 heavy (non-hydrogen) atoms. The topological polar surface area (TPSA) is 77.3 Å². The van der Waals surface area contributed by atoms with Crippen LogP contribution in [0.3, 0.4) is 0 Å². The number of aryl methyl sites for hydroxylation is 1. The third kappa shape index (κ3) is 3.07. The molecule has 1 atom stereocenters. The van der Waals surface area contributed by atoms with Crippen LogP contribution in [-0.2, 0) is 9.84 Å². The number of rotatable bonds is 5. The van der Waals surface area contributed by atoms with Crippen LogP contribution in [0.15, 0.2) is 29.2 Å². The van der Waals surface area contributed by atoms with Crippen molar-refractivity contribution in [1.82, 2.24) is 0 Å². The van der Waals surface area contributed by atoms with E-state index in [2.05, 4.69) is 0 Å². The Morgan fingerprint density at radius 3 is 2.17 bits per heavy atom. The van der Waals surface area contributed by atoms with Crippen LogP contribution in [0.5, 0.6) is 0 Å². The molecule has 5 nitrogen and oxygen atoms in total. The summed E-state index contributed by atoms with van der Waals surface area (Å²) in [5.41, 5.74) is -0.495. The van der Waals surface area contributed by atoms with Crippen molar-refractivity contribution in [2.75, 3.05) is 5.75 Å². The van der Waals surface area contributed by atoms with Crippen LogP contribution in [0, 0.1) is 17.0 Å². The molecule has 0 aliphatic rings. The monoisotopic (exact) mass is 271 g/mol. The largest absolute Gasteiger partial charge is 0.264 e. The summed E-state index contributed by atoms with van der Waals surface area (Å²) in [6, 6.07) is 6.34. The lowest BCUT2D eigenvalue weighted by molar-refractivity contribution is -0.559. The van der Waals surface area contributed by atoms with Gasteiger partial charge in [0.15, 0.2) is 9.84 Å². The summed E-state index contributed by atoms with van der Waals surface area (Å²) < 4.78 is 24.2. The van der Waals surface area contributed by atoms with Crippen molar-refractivity contribution in [2.45, 2.75) is 37.6 Å². The molecule has 0 N–H and O–H groups in total.